The van der Waals surface area contributed by atoms with Gasteiger partial charge in [-0.15, -0.1) is 0 Å². The van der Waals surface area contributed by atoms with Crippen molar-refractivity contribution in [3.8, 4) is 0 Å². The number of carbonyl (C=O) groups excluding carboxylic acids is 1. The molecule has 0 radical (unpaired) electrons. The lowest BCUT2D eigenvalue weighted by molar-refractivity contribution is -0.146. The van der Waals surface area contributed by atoms with Crippen LogP contribution in [0, 0.1) is 0 Å². The molecular formula is C15H29N3O2. The van der Waals surface area contributed by atoms with Gasteiger partial charge in [0.1, 0.15) is 6.04 Å². The van der Waals surface area contributed by atoms with Crippen molar-refractivity contribution in [2.45, 2.75) is 50.7 Å². The van der Waals surface area contributed by atoms with E-state index in [4.69, 9.17) is 4.74 Å². The van der Waals surface area contributed by atoms with Crippen molar-refractivity contribution in [2.75, 3.05) is 40.3 Å². The summed E-state index contributed by atoms with van der Waals surface area (Å²) in [6.07, 6.45) is 4.48. The van der Waals surface area contributed by atoms with Crippen LogP contribution in [-0.2, 0) is 9.53 Å². The van der Waals surface area contributed by atoms with E-state index < -0.39 is 0 Å². The van der Waals surface area contributed by atoms with Gasteiger partial charge in [0, 0.05) is 25.2 Å². The van der Waals surface area contributed by atoms with Crippen molar-refractivity contribution in [3.05, 3.63) is 0 Å². The highest BCUT2D eigenvalue weighted by Crippen LogP contribution is 2.21. The molecule has 2 rings (SSSR count). The molecule has 0 aromatic carbocycles. The van der Waals surface area contributed by atoms with Crippen molar-refractivity contribution >= 4 is 5.97 Å². The first-order chi connectivity index (χ1) is 9.60. The van der Waals surface area contributed by atoms with E-state index in [1.54, 1.807) is 0 Å². The molecule has 0 bridgehead atoms. The number of carbonyl (C=O) groups is 1. The maximum absolute atomic E-state index is 12.0. The molecule has 20 heavy (non-hydrogen) atoms. The molecule has 2 unspecified atom stereocenters. The summed E-state index contributed by atoms with van der Waals surface area (Å²) in [5.74, 6) is -0.0808. The lowest BCUT2D eigenvalue weighted by Crippen LogP contribution is -2.42. The fraction of sp³-hybridized carbons (Fsp3) is 0.933. The molecule has 0 aromatic rings. The predicted octanol–water partition coefficient (Wildman–Crippen LogP) is 0.696. The summed E-state index contributed by atoms with van der Waals surface area (Å²) in [6.45, 7) is 5.57. The van der Waals surface area contributed by atoms with Crippen LogP contribution in [0.1, 0.15) is 32.6 Å². The van der Waals surface area contributed by atoms with E-state index in [1.807, 2.05) is 6.92 Å². The lowest BCUT2D eigenvalue weighted by atomic mass is 10.2. The highest BCUT2D eigenvalue weighted by molar-refractivity contribution is 5.75. The fourth-order valence-electron chi connectivity index (χ4n) is 2.80. The Labute approximate surface area is 122 Å². The van der Waals surface area contributed by atoms with Gasteiger partial charge >= 0.3 is 5.97 Å². The van der Waals surface area contributed by atoms with Gasteiger partial charge in [0.25, 0.3) is 0 Å². The standard InChI is InChI=1S/C15H29N3O2/c1-4-20-15(19)14(16-12-5-6-12)8-10-18-9-7-13(11-18)17(2)3/h12-14,16H,4-11H2,1-3H3. The molecule has 1 saturated carbocycles. The minimum Gasteiger partial charge on any atom is -0.465 e. The summed E-state index contributed by atoms with van der Waals surface area (Å²) < 4.78 is 5.18. The molecule has 2 fully saturated rings. The van der Waals surface area contributed by atoms with Crippen molar-refractivity contribution in [2.24, 2.45) is 0 Å². The third-order valence-electron chi connectivity index (χ3n) is 4.30. The quantitative estimate of drug-likeness (QED) is 0.664. The third kappa shape index (κ3) is 4.72. The van der Waals surface area contributed by atoms with Crippen LogP contribution in [0.4, 0.5) is 0 Å². The van der Waals surface area contributed by atoms with E-state index in [-0.39, 0.29) is 12.0 Å². The molecule has 2 aliphatic rings. The second-order valence-electron chi connectivity index (χ2n) is 6.24. The summed E-state index contributed by atoms with van der Waals surface area (Å²) in [5, 5.41) is 3.42. The predicted molar refractivity (Wildman–Crippen MR) is 79.7 cm³/mol. The van der Waals surface area contributed by atoms with Crippen LogP contribution in [0.5, 0.6) is 0 Å². The van der Waals surface area contributed by atoms with Crippen LogP contribution in [0.3, 0.4) is 0 Å². The molecule has 116 valence electrons. The van der Waals surface area contributed by atoms with Crippen LogP contribution >= 0.6 is 0 Å². The zero-order valence-electron chi connectivity index (χ0n) is 13.1. The van der Waals surface area contributed by atoms with Crippen molar-refractivity contribution in [1.82, 2.24) is 15.1 Å². The van der Waals surface area contributed by atoms with Gasteiger partial charge in [-0.05, 0) is 53.2 Å². The number of hydrogen-bond acceptors (Lipinski definition) is 5. The van der Waals surface area contributed by atoms with Gasteiger partial charge in [0.05, 0.1) is 6.61 Å². The zero-order valence-corrected chi connectivity index (χ0v) is 13.1. The summed E-state index contributed by atoms with van der Waals surface area (Å²) >= 11 is 0. The number of esters is 1. The Morgan fingerprint density at radius 2 is 2.15 bits per heavy atom. The Morgan fingerprint density at radius 1 is 1.40 bits per heavy atom. The normalized spacial score (nSPS) is 25.1. The Bertz CT molecular complexity index is 318. The molecule has 0 aromatic heterocycles. The number of nitrogens with zero attached hydrogens (tertiary/aromatic N) is 2. The molecule has 1 aliphatic carbocycles. The SMILES string of the molecule is CCOC(=O)C(CCN1CCC(N(C)C)C1)NC1CC1. The highest BCUT2D eigenvalue weighted by Gasteiger charge is 2.30. The second-order valence-corrected chi connectivity index (χ2v) is 6.24. The van der Waals surface area contributed by atoms with Crippen molar-refractivity contribution in [3.63, 3.8) is 0 Å². The second kappa shape index (κ2) is 7.38. The van der Waals surface area contributed by atoms with Gasteiger partial charge in [0.15, 0.2) is 0 Å². The van der Waals surface area contributed by atoms with Crippen molar-refractivity contribution < 1.29 is 9.53 Å². The highest BCUT2D eigenvalue weighted by atomic mass is 16.5. The first-order valence-corrected chi connectivity index (χ1v) is 7.91. The Morgan fingerprint density at radius 3 is 2.70 bits per heavy atom. The van der Waals surface area contributed by atoms with Gasteiger partial charge in [-0.25, -0.2) is 0 Å². The van der Waals surface area contributed by atoms with E-state index in [9.17, 15) is 4.79 Å². The molecule has 1 N–H and O–H groups in total. The van der Waals surface area contributed by atoms with E-state index in [1.165, 1.54) is 19.3 Å². The van der Waals surface area contributed by atoms with E-state index >= 15 is 0 Å². The summed E-state index contributed by atoms with van der Waals surface area (Å²) in [7, 11) is 4.29. The smallest absolute Gasteiger partial charge is 0.323 e. The van der Waals surface area contributed by atoms with Crippen LogP contribution in [0.25, 0.3) is 0 Å². The average molecular weight is 283 g/mol. The van der Waals surface area contributed by atoms with Gasteiger partial charge in [-0.1, -0.05) is 0 Å². The average Bonchev–Trinajstić information content (AvgIpc) is 3.09. The maximum Gasteiger partial charge on any atom is 0.323 e. The Kier molecular flexibility index (Phi) is 5.81. The topological polar surface area (TPSA) is 44.8 Å². The number of likely N-dealkylation sites (N-methyl/N-ethyl adjacent to an activating group) is 1. The Balaban J connectivity index is 1.75. The summed E-state index contributed by atoms with van der Waals surface area (Å²) in [4.78, 5) is 16.7. The number of nitrogens with one attached hydrogen (secondary N) is 1. The molecule has 1 aliphatic heterocycles. The van der Waals surface area contributed by atoms with E-state index in [0.29, 0.717) is 18.7 Å². The number of rotatable bonds is 8. The fourth-order valence-corrected chi connectivity index (χ4v) is 2.80. The Hall–Kier alpha value is -0.650. The monoisotopic (exact) mass is 283 g/mol. The van der Waals surface area contributed by atoms with Gasteiger partial charge in [0.2, 0.25) is 0 Å². The van der Waals surface area contributed by atoms with Gasteiger partial charge in [-0.3, -0.25) is 4.79 Å². The lowest BCUT2D eigenvalue weighted by Gasteiger charge is -2.22. The van der Waals surface area contributed by atoms with Crippen LogP contribution in [-0.4, -0.2) is 74.2 Å². The van der Waals surface area contributed by atoms with E-state index in [0.717, 1.165) is 26.1 Å². The molecular weight excluding hydrogens is 254 g/mol. The number of ether oxygens (including phenoxy) is 1. The largest absolute Gasteiger partial charge is 0.465 e. The molecule has 0 spiro atoms. The minimum atomic E-state index is -0.124. The molecule has 5 heteroatoms. The van der Waals surface area contributed by atoms with Gasteiger partial charge in [-0.2, -0.15) is 0 Å². The van der Waals surface area contributed by atoms with Crippen LogP contribution in [0.2, 0.25) is 0 Å². The van der Waals surface area contributed by atoms with E-state index in [2.05, 4.69) is 29.2 Å². The maximum atomic E-state index is 12.0. The number of likely N-dealkylation sites (tertiary alicyclic amines) is 1. The minimum absolute atomic E-state index is 0.0808. The van der Waals surface area contributed by atoms with Crippen LogP contribution in [0.15, 0.2) is 0 Å². The summed E-state index contributed by atoms with van der Waals surface area (Å²) in [5.41, 5.74) is 0. The first kappa shape index (κ1) is 15.7. The zero-order chi connectivity index (χ0) is 14.5. The molecule has 1 saturated heterocycles. The third-order valence-corrected chi connectivity index (χ3v) is 4.30. The van der Waals surface area contributed by atoms with Gasteiger partial charge < -0.3 is 19.9 Å². The molecule has 2 atom stereocenters. The molecule has 5 nitrogen and oxygen atoms in total. The van der Waals surface area contributed by atoms with Crippen LogP contribution < -0.4 is 5.32 Å². The first-order valence-electron chi connectivity index (χ1n) is 7.91. The number of hydrogen-bond donors (Lipinski definition) is 1. The van der Waals surface area contributed by atoms with Crippen molar-refractivity contribution in [1.29, 1.82) is 0 Å². The summed E-state index contributed by atoms with van der Waals surface area (Å²) in [6, 6.07) is 1.07. The molecule has 0 amide bonds. The molecule has 1 heterocycles.